The maximum Gasteiger partial charge on any atom is 0.128 e. The van der Waals surface area contributed by atoms with E-state index in [1.54, 1.807) is 0 Å². The quantitative estimate of drug-likeness (QED) is 0.510. The molecule has 10 heavy (non-hydrogen) atoms. The molecule has 2 nitrogen and oxygen atoms in total. The second-order valence-electron chi connectivity index (χ2n) is 3.91. The molecule has 0 amide bonds. The number of rotatable bonds is 1. The molecular weight excluding hydrogens is 128 g/mol. The maximum absolute atomic E-state index is 10.6. The van der Waals surface area contributed by atoms with Crippen molar-refractivity contribution in [1.82, 2.24) is 0 Å². The predicted octanol–water partition coefficient (Wildman–Crippen LogP) is 1.14. The Morgan fingerprint density at radius 3 is 2.40 bits per heavy atom. The number of carbonyl (C=O) groups excluding carboxylic acids is 1. The first-order chi connectivity index (χ1) is 4.60. The van der Waals surface area contributed by atoms with Crippen LogP contribution in [0.3, 0.4) is 0 Å². The highest BCUT2D eigenvalue weighted by Crippen LogP contribution is 2.59. The SMILES string of the molecule is CC1OC2(C)CC1(C=O)C2. The monoisotopic (exact) mass is 140 g/mol. The second-order valence-corrected chi connectivity index (χ2v) is 3.91. The van der Waals surface area contributed by atoms with Gasteiger partial charge in [0.2, 0.25) is 0 Å². The van der Waals surface area contributed by atoms with Crippen LogP contribution in [0.4, 0.5) is 0 Å². The lowest BCUT2D eigenvalue weighted by atomic mass is 9.62. The van der Waals surface area contributed by atoms with Gasteiger partial charge in [-0.1, -0.05) is 0 Å². The molecule has 0 spiro atoms. The van der Waals surface area contributed by atoms with E-state index in [9.17, 15) is 4.79 Å². The van der Waals surface area contributed by atoms with Crippen molar-refractivity contribution in [2.75, 3.05) is 0 Å². The lowest BCUT2D eigenvalue weighted by Crippen LogP contribution is -2.43. The Labute approximate surface area is 60.6 Å². The third kappa shape index (κ3) is 0.511. The molecule has 2 aliphatic heterocycles. The van der Waals surface area contributed by atoms with Crippen LogP contribution in [0.25, 0.3) is 0 Å². The number of hydrogen-bond acceptors (Lipinski definition) is 2. The number of aldehydes is 1. The van der Waals surface area contributed by atoms with Crippen LogP contribution in [0, 0.1) is 5.41 Å². The van der Waals surface area contributed by atoms with Crippen LogP contribution >= 0.6 is 0 Å². The number of hydrogen-bond donors (Lipinski definition) is 0. The molecule has 1 unspecified atom stereocenters. The Morgan fingerprint density at radius 1 is 1.60 bits per heavy atom. The molecule has 3 aliphatic rings. The Morgan fingerprint density at radius 2 is 2.20 bits per heavy atom. The molecule has 2 saturated heterocycles. The summed E-state index contributed by atoms with van der Waals surface area (Å²) in [5, 5.41) is 0. The fourth-order valence-electron chi connectivity index (χ4n) is 2.43. The van der Waals surface area contributed by atoms with Crippen LogP contribution in [0.1, 0.15) is 26.7 Å². The third-order valence-electron chi connectivity index (χ3n) is 2.91. The lowest BCUT2D eigenvalue weighted by Gasteiger charge is -2.38. The van der Waals surface area contributed by atoms with Gasteiger partial charge in [-0.05, 0) is 26.7 Å². The molecule has 56 valence electrons. The number of fused-ring (bicyclic) bond motifs is 1. The van der Waals surface area contributed by atoms with E-state index in [2.05, 4.69) is 6.92 Å². The normalized spacial score (nSPS) is 58.0. The van der Waals surface area contributed by atoms with Gasteiger partial charge < -0.3 is 9.53 Å². The largest absolute Gasteiger partial charge is 0.371 e. The highest BCUT2D eigenvalue weighted by atomic mass is 16.5. The van der Waals surface area contributed by atoms with E-state index in [1.807, 2.05) is 6.92 Å². The van der Waals surface area contributed by atoms with Gasteiger partial charge in [0.05, 0.1) is 17.1 Å². The standard InChI is InChI=1S/C8H12O2/c1-6-8(5-9)3-7(2,4-8)10-6/h5-6H,3-4H2,1-2H3. The summed E-state index contributed by atoms with van der Waals surface area (Å²) in [5.74, 6) is 0. The molecule has 1 aliphatic carbocycles. The lowest BCUT2D eigenvalue weighted by molar-refractivity contribution is -0.120. The molecule has 0 aromatic carbocycles. The minimum Gasteiger partial charge on any atom is -0.371 e. The Kier molecular flexibility index (Phi) is 0.919. The molecule has 0 radical (unpaired) electrons. The molecule has 2 heteroatoms. The molecular formula is C8H12O2. The van der Waals surface area contributed by atoms with Crippen molar-refractivity contribution >= 4 is 6.29 Å². The molecule has 1 atom stereocenters. The summed E-state index contributed by atoms with van der Waals surface area (Å²) in [6.45, 7) is 4.07. The fraction of sp³-hybridized carbons (Fsp3) is 0.875. The van der Waals surface area contributed by atoms with Crippen LogP contribution in [-0.2, 0) is 9.53 Å². The predicted molar refractivity (Wildman–Crippen MR) is 36.7 cm³/mol. The van der Waals surface area contributed by atoms with E-state index in [-0.39, 0.29) is 17.1 Å². The van der Waals surface area contributed by atoms with Gasteiger partial charge in [0, 0.05) is 0 Å². The molecule has 0 aromatic heterocycles. The zero-order valence-corrected chi connectivity index (χ0v) is 6.39. The molecule has 0 N–H and O–H groups in total. The smallest absolute Gasteiger partial charge is 0.128 e. The molecule has 0 aromatic rings. The van der Waals surface area contributed by atoms with Crippen LogP contribution in [0.5, 0.6) is 0 Å². The van der Waals surface area contributed by atoms with E-state index in [0.29, 0.717) is 0 Å². The molecule has 2 heterocycles. The molecule has 2 bridgehead atoms. The molecule has 1 saturated carbocycles. The van der Waals surface area contributed by atoms with Gasteiger partial charge in [0.1, 0.15) is 6.29 Å². The topological polar surface area (TPSA) is 26.3 Å². The van der Waals surface area contributed by atoms with Gasteiger partial charge in [-0.2, -0.15) is 0 Å². The summed E-state index contributed by atoms with van der Waals surface area (Å²) in [6.07, 6.45) is 3.09. The molecule has 3 rings (SSSR count). The van der Waals surface area contributed by atoms with E-state index in [1.165, 1.54) is 0 Å². The second kappa shape index (κ2) is 1.45. The van der Waals surface area contributed by atoms with E-state index < -0.39 is 0 Å². The first-order valence-corrected chi connectivity index (χ1v) is 3.74. The first kappa shape index (κ1) is 6.35. The van der Waals surface area contributed by atoms with Crippen LogP contribution in [0.2, 0.25) is 0 Å². The van der Waals surface area contributed by atoms with Crippen molar-refractivity contribution in [3.63, 3.8) is 0 Å². The van der Waals surface area contributed by atoms with Crippen LogP contribution < -0.4 is 0 Å². The third-order valence-corrected chi connectivity index (χ3v) is 2.91. The number of ether oxygens (including phenoxy) is 1. The van der Waals surface area contributed by atoms with Crippen molar-refractivity contribution in [2.24, 2.45) is 5.41 Å². The zero-order valence-electron chi connectivity index (χ0n) is 6.39. The van der Waals surface area contributed by atoms with Gasteiger partial charge in [0.15, 0.2) is 0 Å². The Bertz CT molecular complexity index is 180. The van der Waals surface area contributed by atoms with Crippen LogP contribution in [-0.4, -0.2) is 18.0 Å². The molecule has 3 fully saturated rings. The van der Waals surface area contributed by atoms with Gasteiger partial charge in [-0.25, -0.2) is 0 Å². The maximum atomic E-state index is 10.6. The summed E-state index contributed by atoms with van der Waals surface area (Å²) in [5.41, 5.74) is -0.0604. The highest BCUT2D eigenvalue weighted by Gasteiger charge is 2.63. The van der Waals surface area contributed by atoms with Crippen molar-refractivity contribution < 1.29 is 9.53 Å². The Hall–Kier alpha value is -0.370. The summed E-state index contributed by atoms with van der Waals surface area (Å²) < 4.78 is 5.59. The highest BCUT2D eigenvalue weighted by molar-refractivity contribution is 5.64. The van der Waals surface area contributed by atoms with Gasteiger partial charge >= 0.3 is 0 Å². The minimum atomic E-state index is -0.102. The first-order valence-electron chi connectivity index (χ1n) is 3.74. The Balaban J connectivity index is 2.26. The average Bonchev–Trinajstić information content (AvgIpc) is 2.15. The van der Waals surface area contributed by atoms with Crippen LogP contribution in [0.15, 0.2) is 0 Å². The minimum absolute atomic E-state index is 0.0420. The summed E-state index contributed by atoms with van der Waals surface area (Å²) in [4.78, 5) is 10.6. The van der Waals surface area contributed by atoms with Crippen molar-refractivity contribution in [3.8, 4) is 0 Å². The van der Waals surface area contributed by atoms with Crippen molar-refractivity contribution in [1.29, 1.82) is 0 Å². The van der Waals surface area contributed by atoms with Gasteiger partial charge in [-0.15, -0.1) is 0 Å². The summed E-state index contributed by atoms with van der Waals surface area (Å²) >= 11 is 0. The van der Waals surface area contributed by atoms with Crippen molar-refractivity contribution in [3.05, 3.63) is 0 Å². The van der Waals surface area contributed by atoms with Gasteiger partial charge in [0.25, 0.3) is 0 Å². The zero-order chi connectivity index (χ0) is 7.41. The van der Waals surface area contributed by atoms with E-state index in [0.717, 1.165) is 19.1 Å². The van der Waals surface area contributed by atoms with E-state index >= 15 is 0 Å². The average molecular weight is 140 g/mol. The fourth-order valence-corrected chi connectivity index (χ4v) is 2.43. The summed E-state index contributed by atoms with van der Waals surface area (Å²) in [7, 11) is 0. The van der Waals surface area contributed by atoms with Gasteiger partial charge in [-0.3, -0.25) is 0 Å². The number of carbonyl (C=O) groups is 1. The van der Waals surface area contributed by atoms with Crippen molar-refractivity contribution in [2.45, 2.75) is 38.4 Å². The van der Waals surface area contributed by atoms with E-state index in [4.69, 9.17) is 4.74 Å². The summed E-state index contributed by atoms with van der Waals surface area (Å²) in [6, 6.07) is 0.